The highest BCUT2D eigenvalue weighted by atomic mass is 19.1. The molecule has 0 aromatic heterocycles. The van der Waals surface area contributed by atoms with Crippen LogP contribution in [0.15, 0.2) is 12.1 Å². The van der Waals surface area contributed by atoms with Gasteiger partial charge in [0.15, 0.2) is 0 Å². The van der Waals surface area contributed by atoms with Gasteiger partial charge in [0.2, 0.25) is 0 Å². The van der Waals surface area contributed by atoms with Crippen molar-refractivity contribution in [3.8, 4) is 0 Å². The van der Waals surface area contributed by atoms with E-state index in [0.717, 1.165) is 18.9 Å². The maximum atomic E-state index is 14.0. The molecule has 20 heavy (non-hydrogen) atoms. The maximum absolute atomic E-state index is 14.0. The second kappa shape index (κ2) is 6.66. The summed E-state index contributed by atoms with van der Waals surface area (Å²) in [7, 11) is 1.83. The number of benzene rings is 1. The van der Waals surface area contributed by atoms with Crippen LogP contribution in [-0.2, 0) is 0 Å². The smallest absolute Gasteiger partial charge is 0.130 e. The van der Waals surface area contributed by atoms with Gasteiger partial charge in [0.05, 0.1) is 0 Å². The van der Waals surface area contributed by atoms with Crippen LogP contribution >= 0.6 is 0 Å². The Kier molecular flexibility index (Phi) is 5.69. The number of aryl methyl sites for hydroxylation is 1. The second-order valence-corrected chi connectivity index (χ2v) is 7.07. The summed E-state index contributed by atoms with van der Waals surface area (Å²) in [5.74, 6) is -0.475. The molecule has 0 radical (unpaired) electrons. The third-order valence-corrected chi connectivity index (χ3v) is 3.60. The van der Waals surface area contributed by atoms with Crippen molar-refractivity contribution in [1.82, 2.24) is 5.32 Å². The lowest BCUT2D eigenvalue weighted by molar-refractivity contribution is 0.277. The van der Waals surface area contributed by atoms with Crippen LogP contribution in [0.2, 0.25) is 0 Å². The molecule has 1 aromatic rings. The number of hydrogen-bond donors (Lipinski definition) is 1. The van der Waals surface area contributed by atoms with Crippen molar-refractivity contribution in [3.63, 3.8) is 0 Å². The normalized spacial score (nSPS) is 15.2. The van der Waals surface area contributed by atoms with Crippen LogP contribution in [-0.4, -0.2) is 7.05 Å². The fourth-order valence-electron chi connectivity index (χ4n) is 2.88. The molecule has 1 N–H and O–H groups in total. The molecular weight excluding hydrogens is 256 g/mol. The molecule has 3 heteroatoms. The van der Waals surface area contributed by atoms with Crippen molar-refractivity contribution in [2.24, 2.45) is 11.3 Å². The van der Waals surface area contributed by atoms with Gasteiger partial charge in [0.25, 0.3) is 0 Å². The van der Waals surface area contributed by atoms with E-state index in [1.165, 1.54) is 0 Å². The van der Waals surface area contributed by atoms with E-state index in [1.54, 1.807) is 13.0 Å². The van der Waals surface area contributed by atoms with Crippen LogP contribution in [0.25, 0.3) is 0 Å². The number of nitrogens with one attached hydrogen (secondary N) is 1. The first-order valence-corrected chi connectivity index (χ1v) is 7.27. The SMILES string of the molecule is CNC(CC(C)CC(C)(C)C)c1cc(C)c(F)cc1F. The lowest BCUT2D eigenvalue weighted by Gasteiger charge is -2.27. The fourth-order valence-corrected chi connectivity index (χ4v) is 2.88. The van der Waals surface area contributed by atoms with Crippen molar-refractivity contribution in [1.29, 1.82) is 0 Å². The van der Waals surface area contributed by atoms with Gasteiger partial charge in [-0.2, -0.15) is 0 Å². The van der Waals surface area contributed by atoms with Crippen LogP contribution in [0.3, 0.4) is 0 Å². The Morgan fingerprint density at radius 3 is 2.25 bits per heavy atom. The summed E-state index contributed by atoms with van der Waals surface area (Å²) in [6.45, 7) is 10.5. The molecule has 2 atom stereocenters. The van der Waals surface area contributed by atoms with E-state index in [1.807, 2.05) is 7.05 Å². The highest BCUT2D eigenvalue weighted by Gasteiger charge is 2.22. The summed E-state index contributed by atoms with van der Waals surface area (Å²) in [5, 5.41) is 3.16. The number of hydrogen-bond acceptors (Lipinski definition) is 1. The minimum atomic E-state index is -0.483. The van der Waals surface area contributed by atoms with Crippen molar-refractivity contribution < 1.29 is 8.78 Å². The van der Waals surface area contributed by atoms with Gasteiger partial charge in [-0.05, 0) is 49.8 Å². The average Bonchev–Trinajstić information content (AvgIpc) is 2.29. The van der Waals surface area contributed by atoms with Gasteiger partial charge in [-0.3, -0.25) is 0 Å². The average molecular weight is 283 g/mol. The molecule has 0 heterocycles. The second-order valence-electron chi connectivity index (χ2n) is 7.07. The van der Waals surface area contributed by atoms with Crippen molar-refractivity contribution >= 4 is 0 Å². The topological polar surface area (TPSA) is 12.0 Å². The molecule has 0 aliphatic heterocycles. The van der Waals surface area contributed by atoms with E-state index in [4.69, 9.17) is 0 Å². The predicted molar refractivity (Wildman–Crippen MR) is 80.7 cm³/mol. The van der Waals surface area contributed by atoms with Crippen LogP contribution in [0.1, 0.15) is 57.7 Å². The first-order valence-electron chi connectivity index (χ1n) is 7.27. The number of halogens is 2. The molecule has 1 rings (SSSR count). The lowest BCUT2D eigenvalue weighted by atomic mass is 9.82. The molecule has 0 spiro atoms. The minimum absolute atomic E-state index is 0.0772. The Balaban J connectivity index is 2.89. The van der Waals surface area contributed by atoms with E-state index in [9.17, 15) is 8.78 Å². The molecule has 0 bridgehead atoms. The van der Waals surface area contributed by atoms with Crippen LogP contribution in [0.4, 0.5) is 8.78 Å². The highest BCUT2D eigenvalue weighted by Crippen LogP contribution is 2.31. The molecule has 0 fully saturated rings. The van der Waals surface area contributed by atoms with Gasteiger partial charge in [-0.1, -0.05) is 27.7 Å². The van der Waals surface area contributed by atoms with Gasteiger partial charge in [0, 0.05) is 17.7 Å². The monoisotopic (exact) mass is 283 g/mol. The van der Waals surface area contributed by atoms with Gasteiger partial charge in [-0.15, -0.1) is 0 Å². The Bertz CT molecular complexity index is 449. The fraction of sp³-hybridized carbons (Fsp3) is 0.647. The summed E-state index contributed by atoms with van der Waals surface area (Å²) in [4.78, 5) is 0. The first kappa shape index (κ1) is 17.1. The Morgan fingerprint density at radius 1 is 1.15 bits per heavy atom. The zero-order valence-corrected chi connectivity index (χ0v) is 13.5. The highest BCUT2D eigenvalue weighted by molar-refractivity contribution is 5.28. The molecular formula is C17H27F2N. The lowest BCUT2D eigenvalue weighted by Crippen LogP contribution is -2.22. The van der Waals surface area contributed by atoms with Crippen molar-refractivity contribution in [2.45, 2.75) is 53.5 Å². The van der Waals surface area contributed by atoms with Crippen LogP contribution in [0, 0.1) is 29.9 Å². The maximum Gasteiger partial charge on any atom is 0.130 e. The van der Waals surface area contributed by atoms with Gasteiger partial charge in [-0.25, -0.2) is 8.78 Å². The molecule has 0 aliphatic carbocycles. The molecule has 1 nitrogen and oxygen atoms in total. The summed E-state index contributed by atoms with van der Waals surface area (Å²) in [6.07, 6.45) is 1.92. The van der Waals surface area contributed by atoms with Crippen molar-refractivity contribution in [3.05, 3.63) is 34.9 Å². The van der Waals surface area contributed by atoms with Crippen molar-refractivity contribution in [2.75, 3.05) is 7.05 Å². The molecule has 0 saturated heterocycles. The summed E-state index contributed by atoms with van der Waals surface area (Å²) in [5.41, 5.74) is 1.31. The number of rotatable bonds is 5. The Labute approximate surface area is 121 Å². The van der Waals surface area contributed by atoms with E-state index in [-0.39, 0.29) is 11.5 Å². The summed E-state index contributed by atoms with van der Waals surface area (Å²) >= 11 is 0. The van der Waals surface area contributed by atoms with Gasteiger partial charge in [0.1, 0.15) is 11.6 Å². The third kappa shape index (κ3) is 4.86. The van der Waals surface area contributed by atoms with E-state index >= 15 is 0 Å². The summed E-state index contributed by atoms with van der Waals surface area (Å²) in [6, 6.07) is 2.53. The minimum Gasteiger partial charge on any atom is -0.313 e. The zero-order chi connectivity index (χ0) is 15.5. The molecule has 114 valence electrons. The third-order valence-electron chi connectivity index (χ3n) is 3.60. The largest absolute Gasteiger partial charge is 0.313 e. The first-order chi connectivity index (χ1) is 9.14. The molecule has 0 amide bonds. The molecule has 0 aliphatic rings. The Morgan fingerprint density at radius 2 is 1.75 bits per heavy atom. The zero-order valence-electron chi connectivity index (χ0n) is 13.5. The predicted octanol–water partition coefficient (Wildman–Crippen LogP) is 5.00. The van der Waals surface area contributed by atoms with Crippen LogP contribution in [0.5, 0.6) is 0 Å². The van der Waals surface area contributed by atoms with Gasteiger partial charge >= 0.3 is 0 Å². The molecule has 1 aromatic carbocycles. The van der Waals surface area contributed by atoms with E-state index < -0.39 is 11.6 Å². The van der Waals surface area contributed by atoms with Gasteiger partial charge < -0.3 is 5.32 Å². The van der Waals surface area contributed by atoms with E-state index in [2.05, 4.69) is 33.0 Å². The molecule has 2 unspecified atom stereocenters. The summed E-state index contributed by atoms with van der Waals surface area (Å²) < 4.78 is 27.3. The standard InChI is InChI=1S/C17H27F2N/c1-11(10-17(3,4)5)7-16(20-6)13-8-12(2)14(18)9-15(13)19/h8-9,11,16,20H,7,10H2,1-6H3. The quantitative estimate of drug-likeness (QED) is 0.802. The molecule has 0 saturated carbocycles. The Hall–Kier alpha value is -0.960. The van der Waals surface area contributed by atoms with Crippen LogP contribution < -0.4 is 5.32 Å². The van der Waals surface area contributed by atoms with E-state index in [0.29, 0.717) is 17.0 Å².